The summed E-state index contributed by atoms with van der Waals surface area (Å²) in [6, 6.07) is 10.9. The van der Waals surface area contributed by atoms with Crippen LogP contribution in [0.15, 0.2) is 47.7 Å². The number of ether oxygens (including phenoxy) is 1. The summed E-state index contributed by atoms with van der Waals surface area (Å²) < 4.78 is 7.15. The second-order valence-corrected chi connectivity index (χ2v) is 7.54. The second-order valence-electron chi connectivity index (χ2n) is 7.54. The minimum atomic E-state index is -1.23. The number of carboxylic acids is 1. The van der Waals surface area contributed by atoms with E-state index in [0.717, 1.165) is 24.1 Å². The maximum atomic E-state index is 13.1. The van der Waals surface area contributed by atoms with E-state index in [2.05, 4.69) is 5.32 Å². The monoisotopic (exact) mass is 410 g/mol. The molecular formula is C22H22N2O6. The Bertz CT molecular complexity index is 1080. The summed E-state index contributed by atoms with van der Waals surface area (Å²) >= 11 is 0. The van der Waals surface area contributed by atoms with Crippen molar-refractivity contribution in [2.45, 2.75) is 31.2 Å². The summed E-state index contributed by atoms with van der Waals surface area (Å²) in [6.07, 6.45) is 2.80. The molecular weight excluding hydrogens is 388 g/mol. The van der Waals surface area contributed by atoms with Crippen molar-refractivity contribution in [1.29, 1.82) is 0 Å². The lowest BCUT2D eigenvalue weighted by Crippen LogP contribution is -2.44. The molecule has 8 nitrogen and oxygen atoms in total. The first-order chi connectivity index (χ1) is 14.4. The summed E-state index contributed by atoms with van der Waals surface area (Å²) in [5.41, 5.74) is 0.581. The quantitative estimate of drug-likeness (QED) is 0.652. The summed E-state index contributed by atoms with van der Waals surface area (Å²) in [7, 11) is 1.57. The molecule has 2 aliphatic rings. The van der Waals surface area contributed by atoms with Crippen LogP contribution in [-0.4, -0.2) is 46.1 Å². The fraction of sp³-hybridized carbons (Fsp3) is 0.318. The van der Waals surface area contributed by atoms with Crippen molar-refractivity contribution >= 4 is 17.7 Å². The van der Waals surface area contributed by atoms with Gasteiger partial charge >= 0.3 is 5.97 Å². The predicted octanol–water partition coefficient (Wildman–Crippen LogP) is 2.64. The second kappa shape index (κ2) is 7.37. The van der Waals surface area contributed by atoms with Crippen LogP contribution in [0.1, 0.15) is 36.2 Å². The number of nitrogens with one attached hydrogen (secondary N) is 1. The molecule has 2 heterocycles. The van der Waals surface area contributed by atoms with Crippen molar-refractivity contribution in [1.82, 2.24) is 9.88 Å². The number of carbonyl (C=O) groups is 3. The van der Waals surface area contributed by atoms with Crippen molar-refractivity contribution < 1.29 is 29.3 Å². The zero-order valence-electron chi connectivity index (χ0n) is 16.5. The number of nitrogens with zero attached hydrogens (tertiary/aromatic N) is 1. The molecule has 0 bridgehead atoms. The first-order valence-corrected chi connectivity index (χ1v) is 9.74. The third-order valence-corrected chi connectivity index (χ3v) is 5.87. The number of benzene rings is 1. The third-order valence-electron chi connectivity index (χ3n) is 5.87. The summed E-state index contributed by atoms with van der Waals surface area (Å²) in [4.78, 5) is 36.6. The average molecular weight is 410 g/mol. The molecule has 4 rings (SSSR count). The Labute approximate surface area is 172 Å². The zero-order chi connectivity index (χ0) is 21.5. The van der Waals surface area contributed by atoms with Crippen molar-refractivity contribution in [2.75, 3.05) is 13.7 Å². The van der Waals surface area contributed by atoms with E-state index in [9.17, 15) is 19.5 Å². The molecule has 0 radical (unpaired) electrons. The number of aromatic nitrogens is 1. The maximum absolute atomic E-state index is 13.1. The molecule has 1 aromatic carbocycles. The van der Waals surface area contributed by atoms with Gasteiger partial charge in [-0.3, -0.25) is 14.4 Å². The smallest absolute Gasteiger partial charge is 0.322 e. The van der Waals surface area contributed by atoms with Crippen LogP contribution in [0, 0.1) is 0 Å². The van der Waals surface area contributed by atoms with Crippen molar-refractivity contribution in [3.63, 3.8) is 0 Å². The highest BCUT2D eigenvalue weighted by atomic mass is 16.5. The number of allylic oxidation sites excluding steroid dienone is 1. The standard InChI is InChI=1S/C22H22N2O6/c1-30-14-6-4-5-13(11-14)15-7-8-16-19(27)18(21(29)23-12-17(25)26)20(28)22(24(15)16)9-2-3-10-22/h4-8,11,28H,2-3,9-10,12H2,1H3,(H,23,29)(H,25,26). The summed E-state index contributed by atoms with van der Waals surface area (Å²) in [5.74, 6) is -2.35. The molecule has 0 unspecified atom stereocenters. The molecule has 1 spiro atoms. The molecule has 1 fully saturated rings. The number of hydrogen-bond donors (Lipinski definition) is 3. The molecule has 1 saturated carbocycles. The van der Waals surface area contributed by atoms with Crippen LogP contribution in [0.3, 0.4) is 0 Å². The Balaban J connectivity index is 1.87. The molecule has 0 atom stereocenters. The number of ketones is 1. The first kappa shape index (κ1) is 19.8. The van der Waals surface area contributed by atoms with Crippen molar-refractivity contribution in [2.24, 2.45) is 0 Å². The van der Waals surface area contributed by atoms with Gasteiger partial charge < -0.3 is 24.8 Å². The van der Waals surface area contributed by atoms with Gasteiger partial charge in [0, 0.05) is 11.3 Å². The molecule has 1 aromatic heterocycles. The summed E-state index contributed by atoms with van der Waals surface area (Å²) in [5, 5.41) is 22.2. The van der Waals surface area contributed by atoms with E-state index >= 15 is 0 Å². The van der Waals surface area contributed by atoms with Gasteiger partial charge in [-0.25, -0.2) is 0 Å². The van der Waals surface area contributed by atoms with E-state index in [1.807, 2.05) is 28.8 Å². The number of carboxylic acid groups (broad SMARTS) is 1. The van der Waals surface area contributed by atoms with Crippen molar-refractivity contribution in [3.05, 3.63) is 53.4 Å². The molecule has 3 N–H and O–H groups in total. The number of aliphatic hydroxyl groups excluding tert-OH is 1. The van der Waals surface area contributed by atoms with Gasteiger partial charge in [0.05, 0.1) is 12.8 Å². The molecule has 1 amide bonds. The number of aliphatic hydroxyl groups is 1. The number of amides is 1. The average Bonchev–Trinajstić information content (AvgIpc) is 3.39. The van der Waals surface area contributed by atoms with Gasteiger partial charge in [-0.05, 0) is 37.1 Å². The largest absolute Gasteiger partial charge is 0.509 e. The fourth-order valence-corrected chi connectivity index (χ4v) is 4.53. The minimum Gasteiger partial charge on any atom is -0.509 e. The van der Waals surface area contributed by atoms with E-state index in [0.29, 0.717) is 24.3 Å². The van der Waals surface area contributed by atoms with E-state index in [4.69, 9.17) is 9.84 Å². The molecule has 30 heavy (non-hydrogen) atoms. The maximum Gasteiger partial charge on any atom is 0.322 e. The number of Topliss-reactive ketones (excluding diaryl/α,β-unsaturated/α-hetero) is 1. The lowest BCUT2D eigenvalue weighted by molar-refractivity contribution is -0.137. The van der Waals surface area contributed by atoms with Gasteiger partial charge in [0.2, 0.25) is 5.78 Å². The number of fused-ring (bicyclic) bond motifs is 2. The van der Waals surface area contributed by atoms with Crippen LogP contribution in [-0.2, 0) is 15.1 Å². The highest BCUT2D eigenvalue weighted by molar-refractivity contribution is 6.26. The fourth-order valence-electron chi connectivity index (χ4n) is 4.53. The predicted molar refractivity (Wildman–Crippen MR) is 107 cm³/mol. The Hall–Kier alpha value is -3.55. The first-order valence-electron chi connectivity index (χ1n) is 9.74. The SMILES string of the molecule is COc1cccc(-c2ccc3n2C2(CCCC2)C(O)=C(C(=O)NCC(=O)O)C3=O)c1. The number of hydrogen-bond acceptors (Lipinski definition) is 5. The van der Waals surface area contributed by atoms with E-state index in [1.165, 1.54) is 0 Å². The lowest BCUT2D eigenvalue weighted by atomic mass is 9.84. The van der Waals surface area contributed by atoms with Gasteiger partial charge in [0.15, 0.2) is 0 Å². The van der Waals surface area contributed by atoms with Crippen molar-refractivity contribution in [3.8, 4) is 17.0 Å². The summed E-state index contributed by atoms with van der Waals surface area (Å²) in [6.45, 7) is -0.633. The van der Waals surface area contributed by atoms with Gasteiger partial charge in [-0.2, -0.15) is 0 Å². The lowest BCUT2D eigenvalue weighted by Gasteiger charge is -2.38. The van der Waals surface area contributed by atoms with Crippen LogP contribution in [0.4, 0.5) is 0 Å². The third kappa shape index (κ3) is 2.96. The van der Waals surface area contributed by atoms with E-state index < -0.39 is 29.7 Å². The number of rotatable bonds is 5. The number of aliphatic carboxylic acids is 1. The number of carbonyl (C=O) groups excluding carboxylic acids is 2. The van der Waals surface area contributed by atoms with Crippen LogP contribution in [0.5, 0.6) is 5.75 Å². The highest BCUT2D eigenvalue weighted by Crippen LogP contribution is 2.49. The van der Waals surface area contributed by atoms with Gasteiger partial charge in [-0.1, -0.05) is 25.0 Å². The Morgan fingerprint density at radius 2 is 1.87 bits per heavy atom. The Morgan fingerprint density at radius 3 is 2.53 bits per heavy atom. The zero-order valence-corrected chi connectivity index (χ0v) is 16.5. The topological polar surface area (TPSA) is 118 Å². The number of methoxy groups -OCH3 is 1. The molecule has 2 aromatic rings. The minimum absolute atomic E-state index is 0.291. The van der Waals surface area contributed by atoms with Crippen LogP contribution in [0.25, 0.3) is 11.3 Å². The van der Waals surface area contributed by atoms with Crippen LogP contribution >= 0.6 is 0 Å². The van der Waals surface area contributed by atoms with Gasteiger partial charge in [-0.15, -0.1) is 0 Å². The highest BCUT2D eigenvalue weighted by Gasteiger charge is 2.50. The molecule has 156 valence electrons. The molecule has 0 saturated heterocycles. The van der Waals surface area contributed by atoms with E-state index in [1.54, 1.807) is 19.2 Å². The van der Waals surface area contributed by atoms with Crippen LogP contribution in [0.2, 0.25) is 0 Å². The van der Waals surface area contributed by atoms with Crippen LogP contribution < -0.4 is 10.1 Å². The van der Waals surface area contributed by atoms with Gasteiger partial charge in [0.25, 0.3) is 5.91 Å². The molecule has 8 heteroatoms. The normalized spacial score (nSPS) is 17.2. The van der Waals surface area contributed by atoms with Gasteiger partial charge in [0.1, 0.15) is 29.2 Å². The molecule has 1 aliphatic heterocycles. The molecule has 1 aliphatic carbocycles. The Kier molecular flexibility index (Phi) is 4.85. The van der Waals surface area contributed by atoms with E-state index in [-0.39, 0.29) is 11.3 Å². The Morgan fingerprint density at radius 1 is 1.17 bits per heavy atom.